The van der Waals surface area contributed by atoms with Gasteiger partial charge in [-0.1, -0.05) is 83.6 Å². The van der Waals surface area contributed by atoms with Crippen LogP contribution < -0.4 is 10.6 Å². The molecule has 1 atom stereocenters. The third-order valence-corrected chi connectivity index (χ3v) is 6.22. The molecule has 34 heavy (non-hydrogen) atoms. The molecule has 0 saturated carbocycles. The SMILES string of the molecule is CC(C)(C)OC(=O)NCCC1(c2ccccc2)SC(NC(=O)C(C)(C)C)=NN1C(=O)C(C)(C)C. The van der Waals surface area contributed by atoms with Gasteiger partial charge in [-0.2, -0.15) is 0 Å². The number of carbonyl (C=O) groups excluding carboxylic acids is 3. The summed E-state index contributed by atoms with van der Waals surface area (Å²) in [5, 5.41) is 12.1. The van der Waals surface area contributed by atoms with Crippen molar-refractivity contribution in [2.45, 2.75) is 79.2 Å². The molecule has 188 valence electrons. The third kappa shape index (κ3) is 6.98. The lowest BCUT2D eigenvalue weighted by molar-refractivity contribution is -0.143. The summed E-state index contributed by atoms with van der Waals surface area (Å²) >= 11 is 1.30. The van der Waals surface area contributed by atoms with Crippen LogP contribution in [0, 0.1) is 10.8 Å². The number of carbonyl (C=O) groups is 3. The highest BCUT2D eigenvalue weighted by Crippen LogP contribution is 2.49. The molecule has 1 aliphatic rings. The lowest BCUT2D eigenvalue weighted by Crippen LogP contribution is -2.48. The molecule has 0 aliphatic carbocycles. The largest absolute Gasteiger partial charge is 0.444 e. The van der Waals surface area contributed by atoms with Crippen LogP contribution in [0.15, 0.2) is 35.4 Å². The number of hydrogen-bond donors (Lipinski definition) is 2. The molecule has 2 N–H and O–H groups in total. The Morgan fingerprint density at radius 3 is 2.06 bits per heavy atom. The Hall–Kier alpha value is -2.55. The van der Waals surface area contributed by atoms with Crippen molar-refractivity contribution in [3.05, 3.63) is 35.9 Å². The average molecular weight is 491 g/mol. The third-order valence-electron chi connectivity index (χ3n) is 4.89. The molecule has 3 amide bonds. The number of thioether (sulfide) groups is 1. The van der Waals surface area contributed by atoms with E-state index in [0.717, 1.165) is 5.56 Å². The predicted octanol–water partition coefficient (Wildman–Crippen LogP) is 4.81. The Balaban J connectivity index is 2.43. The van der Waals surface area contributed by atoms with Crippen molar-refractivity contribution < 1.29 is 19.1 Å². The van der Waals surface area contributed by atoms with Gasteiger partial charge in [-0.3, -0.25) is 9.59 Å². The highest BCUT2D eigenvalue weighted by molar-refractivity contribution is 8.14. The van der Waals surface area contributed by atoms with Crippen LogP contribution in [-0.4, -0.2) is 40.2 Å². The molecular weight excluding hydrogens is 452 g/mol. The number of hydrazone groups is 1. The van der Waals surface area contributed by atoms with Gasteiger partial charge >= 0.3 is 6.09 Å². The highest BCUT2D eigenvalue weighted by Gasteiger charge is 2.51. The van der Waals surface area contributed by atoms with E-state index in [1.165, 1.54) is 16.8 Å². The van der Waals surface area contributed by atoms with Crippen LogP contribution in [0.4, 0.5) is 4.79 Å². The lowest BCUT2D eigenvalue weighted by Gasteiger charge is -2.38. The van der Waals surface area contributed by atoms with E-state index < -0.39 is 27.4 Å². The van der Waals surface area contributed by atoms with Crippen LogP contribution in [0.5, 0.6) is 0 Å². The maximum absolute atomic E-state index is 13.5. The summed E-state index contributed by atoms with van der Waals surface area (Å²) in [6.45, 7) is 16.6. The summed E-state index contributed by atoms with van der Waals surface area (Å²) in [4.78, 5) is 37.5. The van der Waals surface area contributed by atoms with Gasteiger partial charge in [0, 0.05) is 23.8 Å². The number of benzene rings is 1. The van der Waals surface area contributed by atoms with Gasteiger partial charge in [-0.15, -0.1) is 5.10 Å². The zero-order valence-electron chi connectivity index (χ0n) is 21.7. The van der Waals surface area contributed by atoms with Gasteiger partial charge < -0.3 is 15.4 Å². The number of alkyl carbamates (subject to hydrolysis) is 1. The van der Waals surface area contributed by atoms with Gasteiger partial charge in [0.25, 0.3) is 0 Å². The lowest BCUT2D eigenvalue weighted by atomic mass is 9.93. The van der Waals surface area contributed by atoms with Crippen molar-refractivity contribution in [3.8, 4) is 0 Å². The van der Waals surface area contributed by atoms with Crippen molar-refractivity contribution in [2.75, 3.05) is 6.54 Å². The van der Waals surface area contributed by atoms with E-state index in [2.05, 4.69) is 15.7 Å². The zero-order valence-corrected chi connectivity index (χ0v) is 22.6. The minimum atomic E-state index is -0.957. The number of nitrogens with one attached hydrogen (secondary N) is 2. The maximum atomic E-state index is 13.5. The molecule has 2 rings (SSSR count). The first-order valence-electron chi connectivity index (χ1n) is 11.4. The second kappa shape index (κ2) is 9.98. The molecule has 0 spiro atoms. The predicted molar refractivity (Wildman–Crippen MR) is 136 cm³/mol. The maximum Gasteiger partial charge on any atom is 0.407 e. The molecule has 1 aromatic carbocycles. The van der Waals surface area contributed by atoms with Crippen molar-refractivity contribution in [3.63, 3.8) is 0 Å². The Morgan fingerprint density at radius 2 is 1.56 bits per heavy atom. The van der Waals surface area contributed by atoms with Crippen LogP contribution in [0.25, 0.3) is 0 Å². The molecule has 0 bridgehead atoms. The van der Waals surface area contributed by atoms with E-state index in [1.54, 1.807) is 20.8 Å². The van der Waals surface area contributed by atoms with Crippen molar-refractivity contribution >= 4 is 34.8 Å². The molecule has 0 radical (unpaired) electrons. The monoisotopic (exact) mass is 490 g/mol. The van der Waals surface area contributed by atoms with E-state index in [-0.39, 0.29) is 18.4 Å². The molecule has 1 aromatic rings. The summed E-state index contributed by atoms with van der Waals surface area (Å²) in [5.74, 6) is -0.390. The normalized spacial score (nSPS) is 18.9. The molecule has 0 saturated heterocycles. The van der Waals surface area contributed by atoms with Gasteiger partial charge in [0.2, 0.25) is 11.8 Å². The molecule has 1 aliphatic heterocycles. The first-order valence-corrected chi connectivity index (χ1v) is 12.2. The summed E-state index contributed by atoms with van der Waals surface area (Å²) in [6.07, 6.45) is -0.184. The number of hydrogen-bond acceptors (Lipinski definition) is 6. The average Bonchev–Trinajstić information content (AvgIpc) is 3.04. The number of amides is 3. The van der Waals surface area contributed by atoms with Crippen LogP contribution >= 0.6 is 11.8 Å². The van der Waals surface area contributed by atoms with Gasteiger partial charge in [0.05, 0.1) is 0 Å². The van der Waals surface area contributed by atoms with E-state index in [9.17, 15) is 14.4 Å². The smallest absolute Gasteiger partial charge is 0.407 e. The van der Waals surface area contributed by atoms with Gasteiger partial charge in [0.15, 0.2) is 5.17 Å². The Morgan fingerprint density at radius 1 is 0.971 bits per heavy atom. The van der Waals surface area contributed by atoms with E-state index in [4.69, 9.17) is 4.74 Å². The van der Waals surface area contributed by atoms with Gasteiger partial charge in [-0.05, 0) is 26.3 Å². The first kappa shape index (κ1) is 27.7. The summed E-state index contributed by atoms with van der Waals surface area (Å²) in [7, 11) is 0. The summed E-state index contributed by atoms with van der Waals surface area (Å²) in [6, 6.07) is 9.53. The second-order valence-electron chi connectivity index (χ2n) is 11.4. The molecular formula is C25H38N4O4S. The van der Waals surface area contributed by atoms with E-state index >= 15 is 0 Å². The van der Waals surface area contributed by atoms with Crippen molar-refractivity contribution in [1.82, 2.24) is 15.6 Å². The van der Waals surface area contributed by atoms with Crippen LogP contribution in [0.3, 0.4) is 0 Å². The fourth-order valence-corrected chi connectivity index (χ4v) is 4.34. The van der Waals surface area contributed by atoms with Gasteiger partial charge in [0.1, 0.15) is 10.5 Å². The van der Waals surface area contributed by atoms with Gasteiger partial charge in [-0.25, -0.2) is 9.80 Å². The molecule has 0 aromatic heterocycles. The number of ether oxygens (including phenoxy) is 1. The quantitative estimate of drug-likeness (QED) is 0.631. The molecule has 9 heteroatoms. The minimum absolute atomic E-state index is 0.193. The fourth-order valence-electron chi connectivity index (χ4n) is 3.09. The Bertz CT molecular complexity index is 942. The Kier molecular flexibility index (Phi) is 8.13. The number of nitrogens with zero attached hydrogens (tertiary/aromatic N) is 2. The molecule has 8 nitrogen and oxygen atoms in total. The standard InChI is InChI=1S/C25H38N4O4S/c1-22(2,3)18(30)27-20-28-29(19(31)23(4,5)6)25(34-20,17-13-11-10-12-14-17)15-16-26-21(32)33-24(7,8)9/h10-14H,15-16H2,1-9H3,(H,26,32)(H,27,28,30). The fraction of sp³-hybridized carbons (Fsp3) is 0.600. The van der Waals surface area contributed by atoms with Crippen LogP contribution in [0.2, 0.25) is 0 Å². The molecule has 1 unspecified atom stereocenters. The van der Waals surface area contributed by atoms with Crippen molar-refractivity contribution in [1.29, 1.82) is 0 Å². The zero-order chi connectivity index (χ0) is 25.9. The van der Waals surface area contributed by atoms with E-state index in [0.29, 0.717) is 11.6 Å². The topological polar surface area (TPSA) is 100 Å². The number of rotatable bonds is 4. The Labute approximate surface area is 207 Å². The minimum Gasteiger partial charge on any atom is -0.444 e. The van der Waals surface area contributed by atoms with E-state index in [1.807, 2.05) is 71.9 Å². The summed E-state index contributed by atoms with van der Waals surface area (Å²) in [5.41, 5.74) is -1.12. The molecule has 0 fully saturated rings. The first-order chi connectivity index (χ1) is 15.5. The van der Waals surface area contributed by atoms with Crippen molar-refractivity contribution in [2.24, 2.45) is 15.9 Å². The van der Waals surface area contributed by atoms with Crippen LogP contribution in [-0.2, 0) is 19.2 Å². The highest BCUT2D eigenvalue weighted by atomic mass is 32.2. The summed E-state index contributed by atoms with van der Waals surface area (Å²) < 4.78 is 5.36. The van der Waals surface area contributed by atoms with Crippen LogP contribution in [0.1, 0.15) is 74.3 Å². The second-order valence-corrected chi connectivity index (χ2v) is 12.7. The molecule has 1 heterocycles. The number of amidine groups is 1.